The number of nitriles is 1. The Bertz CT molecular complexity index is 1340. The van der Waals surface area contributed by atoms with Gasteiger partial charge in [0.05, 0.1) is 30.1 Å². The topological polar surface area (TPSA) is 80.7 Å². The van der Waals surface area contributed by atoms with Gasteiger partial charge in [-0.25, -0.2) is 9.78 Å². The number of pyridine rings is 1. The summed E-state index contributed by atoms with van der Waals surface area (Å²) in [5.74, 6) is 0. The average molecular weight is 382 g/mol. The molecule has 0 aliphatic carbocycles. The van der Waals surface area contributed by atoms with Crippen LogP contribution in [0.3, 0.4) is 0 Å². The van der Waals surface area contributed by atoms with Gasteiger partial charge in [0.25, 0.3) is 5.56 Å². The molecular formula is C23H18N4O2. The SMILES string of the molecule is Cc1ccc(Cn2c(=O)c3cccnc3n(Cc3ccc(C#N)cc3)c2=O)cc1. The van der Waals surface area contributed by atoms with Crippen molar-refractivity contribution >= 4 is 11.0 Å². The van der Waals surface area contributed by atoms with Crippen molar-refractivity contribution < 1.29 is 0 Å². The molecule has 0 saturated heterocycles. The zero-order valence-corrected chi connectivity index (χ0v) is 15.9. The lowest BCUT2D eigenvalue weighted by Gasteiger charge is -2.14. The van der Waals surface area contributed by atoms with Gasteiger partial charge in [-0.1, -0.05) is 42.0 Å². The first-order chi connectivity index (χ1) is 14.1. The molecule has 0 aliphatic rings. The number of aromatic nitrogens is 3. The zero-order chi connectivity index (χ0) is 20.4. The Balaban J connectivity index is 1.86. The van der Waals surface area contributed by atoms with Crippen molar-refractivity contribution in [3.05, 3.63) is 110 Å². The van der Waals surface area contributed by atoms with Crippen LogP contribution in [0.4, 0.5) is 0 Å². The van der Waals surface area contributed by atoms with Crippen molar-refractivity contribution in [3.63, 3.8) is 0 Å². The van der Waals surface area contributed by atoms with E-state index in [4.69, 9.17) is 5.26 Å². The second-order valence-corrected chi connectivity index (χ2v) is 6.93. The predicted octanol–water partition coefficient (Wildman–Crippen LogP) is 2.83. The first-order valence-electron chi connectivity index (χ1n) is 9.20. The molecule has 0 bridgehead atoms. The van der Waals surface area contributed by atoms with Crippen LogP contribution >= 0.6 is 0 Å². The molecule has 4 rings (SSSR count). The van der Waals surface area contributed by atoms with Crippen LogP contribution in [-0.4, -0.2) is 14.1 Å². The van der Waals surface area contributed by atoms with Crippen LogP contribution < -0.4 is 11.2 Å². The molecule has 0 unspecified atom stereocenters. The molecule has 29 heavy (non-hydrogen) atoms. The molecule has 0 N–H and O–H groups in total. The summed E-state index contributed by atoms with van der Waals surface area (Å²) in [5, 5.41) is 9.37. The summed E-state index contributed by atoms with van der Waals surface area (Å²) in [6.45, 7) is 2.44. The number of fused-ring (bicyclic) bond motifs is 1. The molecule has 4 aromatic rings. The Morgan fingerprint density at radius 3 is 2.17 bits per heavy atom. The van der Waals surface area contributed by atoms with Crippen molar-refractivity contribution in [1.29, 1.82) is 5.26 Å². The van der Waals surface area contributed by atoms with E-state index in [0.717, 1.165) is 16.7 Å². The van der Waals surface area contributed by atoms with Crippen molar-refractivity contribution in [2.75, 3.05) is 0 Å². The summed E-state index contributed by atoms with van der Waals surface area (Å²) < 4.78 is 2.75. The molecule has 6 nitrogen and oxygen atoms in total. The van der Waals surface area contributed by atoms with Crippen molar-refractivity contribution in [2.24, 2.45) is 0 Å². The number of aryl methyl sites for hydroxylation is 1. The van der Waals surface area contributed by atoms with Crippen molar-refractivity contribution in [3.8, 4) is 6.07 Å². The number of nitrogens with zero attached hydrogens (tertiary/aromatic N) is 4. The first-order valence-corrected chi connectivity index (χ1v) is 9.20. The van der Waals surface area contributed by atoms with E-state index in [-0.39, 0.29) is 18.6 Å². The summed E-state index contributed by atoms with van der Waals surface area (Å²) in [4.78, 5) is 30.5. The molecule has 2 heterocycles. The van der Waals surface area contributed by atoms with Crippen LogP contribution in [0, 0.1) is 18.3 Å². The molecule has 0 atom stereocenters. The summed E-state index contributed by atoms with van der Waals surface area (Å²) >= 11 is 0. The minimum absolute atomic E-state index is 0.191. The van der Waals surface area contributed by atoms with E-state index >= 15 is 0 Å². The number of hydrogen-bond acceptors (Lipinski definition) is 4. The van der Waals surface area contributed by atoms with Gasteiger partial charge in [0.1, 0.15) is 5.65 Å². The quantitative estimate of drug-likeness (QED) is 0.544. The van der Waals surface area contributed by atoms with E-state index in [9.17, 15) is 9.59 Å². The molecule has 142 valence electrons. The molecule has 0 saturated carbocycles. The second kappa shape index (κ2) is 7.56. The normalized spacial score (nSPS) is 10.8. The van der Waals surface area contributed by atoms with E-state index in [1.807, 2.05) is 31.2 Å². The van der Waals surface area contributed by atoms with Crippen LogP contribution in [-0.2, 0) is 13.1 Å². The van der Waals surface area contributed by atoms with Crippen LogP contribution in [0.15, 0.2) is 76.4 Å². The minimum Gasteiger partial charge on any atom is -0.273 e. The van der Waals surface area contributed by atoms with Crippen LogP contribution in [0.25, 0.3) is 11.0 Å². The van der Waals surface area contributed by atoms with Gasteiger partial charge in [0, 0.05) is 6.20 Å². The van der Waals surface area contributed by atoms with E-state index in [1.54, 1.807) is 42.6 Å². The monoisotopic (exact) mass is 382 g/mol. The summed E-state index contributed by atoms with van der Waals surface area (Å²) in [7, 11) is 0. The largest absolute Gasteiger partial charge is 0.333 e. The zero-order valence-electron chi connectivity index (χ0n) is 15.9. The highest BCUT2D eigenvalue weighted by Gasteiger charge is 2.14. The molecule has 0 amide bonds. The van der Waals surface area contributed by atoms with Gasteiger partial charge in [-0.15, -0.1) is 0 Å². The van der Waals surface area contributed by atoms with Crippen LogP contribution in [0.5, 0.6) is 0 Å². The molecule has 6 heteroatoms. The number of benzene rings is 2. The van der Waals surface area contributed by atoms with E-state index in [2.05, 4.69) is 11.1 Å². The Morgan fingerprint density at radius 2 is 1.52 bits per heavy atom. The van der Waals surface area contributed by atoms with Gasteiger partial charge in [-0.3, -0.25) is 13.9 Å². The lowest BCUT2D eigenvalue weighted by atomic mass is 10.1. The third-order valence-electron chi connectivity index (χ3n) is 4.86. The molecule has 0 radical (unpaired) electrons. The fourth-order valence-electron chi connectivity index (χ4n) is 3.27. The van der Waals surface area contributed by atoms with E-state index < -0.39 is 5.69 Å². The molecule has 2 aromatic carbocycles. The Labute approximate surface area is 166 Å². The van der Waals surface area contributed by atoms with Gasteiger partial charge in [-0.05, 0) is 42.3 Å². The van der Waals surface area contributed by atoms with Gasteiger partial charge < -0.3 is 0 Å². The second-order valence-electron chi connectivity index (χ2n) is 6.93. The van der Waals surface area contributed by atoms with Crippen LogP contribution in [0.2, 0.25) is 0 Å². The van der Waals surface area contributed by atoms with Gasteiger partial charge in [0.2, 0.25) is 0 Å². The average Bonchev–Trinajstić information content (AvgIpc) is 2.76. The lowest BCUT2D eigenvalue weighted by molar-refractivity contribution is 0.630. The highest BCUT2D eigenvalue weighted by molar-refractivity contribution is 5.73. The van der Waals surface area contributed by atoms with Gasteiger partial charge >= 0.3 is 5.69 Å². The Hall–Kier alpha value is -3.98. The van der Waals surface area contributed by atoms with E-state index in [1.165, 1.54) is 9.13 Å². The third-order valence-corrected chi connectivity index (χ3v) is 4.86. The Morgan fingerprint density at radius 1 is 0.897 bits per heavy atom. The van der Waals surface area contributed by atoms with Crippen LogP contribution in [0.1, 0.15) is 22.3 Å². The first kappa shape index (κ1) is 18.4. The maximum absolute atomic E-state index is 13.2. The maximum Gasteiger partial charge on any atom is 0.333 e. The standard InChI is InChI=1S/C23H18N4O2/c1-16-4-6-18(7-5-16)15-27-22(28)20-3-2-12-25-21(20)26(23(27)29)14-19-10-8-17(13-24)9-11-19/h2-12H,14-15H2,1H3. The molecule has 0 spiro atoms. The van der Waals surface area contributed by atoms with Crippen molar-refractivity contribution in [1.82, 2.24) is 14.1 Å². The molecule has 0 fully saturated rings. The summed E-state index contributed by atoms with van der Waals surface area (Å²) in [6, 6.07) is 20.2. The molecular weight excluding hydrogens is 364 g/mol. The predicted molar refractivity (Wildman–Crippen MR) is 111 cm³/mol. The smallest absolute Gasteiger partial charge is 0.273 e. The number of hydrogen-bond donors (Lipinski definition) is 0. The molecule has 0 aliphatic heterocycles. The van der Waals surface area contributed by atoms with Crippen molar-refractivity contribution in [2.45, 2.75) is 20.0 Å². The lowest BCUT2D eigenvalue weighted by Crippen LogP contribution is -2.40. The fourth-order valence-corrected chi connectivity index (χ4v) is 3.27. The van der Waals surface area contributed by atoms with Gasteiger partial charge in [-0.2, -0.15) is 5.26 Å². The summed E-state index contributed by atoms with van der Waals surface area (Å²) in [6.07, 6.45) is 1.57. The fraction of sp³-hybridized carbons (Fsp3) is 0.130. The van der Waals surface area contributed by atoms with Gasteiger partial charge in [0.15, 0.2) is 0 Å². The highest BCUT2D eigenvalue weighted by atomic mass is 16.2. The molecule has 2 aromatic heterocycles. The Kier molecular flexibility index (Phi) is 4.80. The number of rotatable bonds is 4. The highest BCUT2D eigenvalue weighted by Crippen LogP contribution is 2.10. The maximum atomic E-state index is 13.2. The summed E-state index contributed by atoms with van der Waals surface area (Å²) in [5.41, 5.74) is 2.98. The van der Waals surface area contributed by atoms with E-state index in [0.29, 0.717) is 16.6 Å². The minimum atomic E-state index is -0.411. The third kappa shape index (κ3) is 3.58.